The number of pyridine rings is 1. The number of aryl methyl sites for hydroxylation is 1. The fraction of sp³-hybridized carbons (Fsp3) is 0.154. The van der Waals surface area contributed by atoms with Crippen LogP contribution in [0, 0.1) is 12.7 Å². The zero-order valence-corrected chi connectivity index (χ0v) is 13.0. The summed E-state index contributed by atoms with van der Waals surface area (Å²) in [4.78, 5) is 3.95. The highest BCUT2D eigenvalue weighted by Crippen LogP contribution is 2.22. The molecule has 1 aromatic heterocycles. The monoisotopic (exact) mass is 358 g/mol. The third-order valence-corrected chi connectivity index (χ3v) is 5.15. The molecule has 106 valence electrons. The highest BCUT2D eigenvalue weighted by Gasteiger charge is 2.18. The molecule has 0 saturated carbocycles. The van der Waals surface area contributed by atoms with Crippen LogP contribution in [-0.4, -0.2) is 13.4 Å². The molecule has 0 spiro atoms. The van der Waals surface area contributed by atoms with Crippen LogP contribution >= 0.6 is 15.9 Å². The van der Waals surface area contributed by atoms with Gasteiger partial charge in [0, 0.05) is 23.4 Å². The average molecular weight is 359 g/mol. The van der Waals surface area contributed by atoms with E-state index in [1.54, 1.807) is 18.5 Å². The molecule has 0 fully saturated rings. The fourth-order valence-electron chi connectivity index (χ4n) is 1.64. The van der Waals surface area contributed by atoms with Crippen LogP contribution in [0.2, 0.25) is 0 Å². The second kappa shape index (κ2) is 5.99. The summed E-state index contributed by atoms with van der Waals surface area (Å²) < 4.78 is 40.0. The Morgan fingerprint density at radius 2 is 2.10 bits per heavy atom. The van der Waals surface area contributed by atoms with E-state index < -0.39 is 15.8 Å². The Kier molecular flexibility index (Phi) is 4.52. The van der Waals surface area contributed by atoms with E-state index in [1.807, 2.05) is 6.92 Å². The van der Waals surface area contributed by atoms with Gasteiger partial charge in [-0.25, -0.2) is 17.5 Å². The Labute approximate surface area is 125 Å². The number of nitrogens with one attached hydrogen (secondary N) is 1. The standard InChI is InChI=1S/C13H12BrFN2O2S/c1-9-7-16-5-4-10(9)8-17-20(18,19)13-3-2-11(15)6-12(13)14/h2-7,17H,8H2,1H3. The number of aromatic nitrogens is 1. The lowest BCUT2D eigenvalue weighted by molar-refractivity contribution is 0.579. The predicted octanol–water partition coefficient (Wildman–Crippen LogP) is 2.77. The molecule has 2 rings (SSSR count). The van der Waals surface area contributed by atoms with Crippen molar-refractivity contribution >= 4 is 26.0 Å². The van der Waals surface area contributed by atoms with Crippen LogP contribution in [0.1, 0.15) is 11.1 Å². The van der Waals surface area contributed by atoms with E-state index in [4.69, 9.17) is 0 Å². The van der Waals surface area contributed by atoms with Gasteiger partial charge in [0.15, 0.2) is 0 Å². The van der Waals surface area contributed by atoms with Gasteiger partial charge in [-0.1, -0.05) is 0 Å². The molecule has 4 nitrogen and oxygen atoms in total. The Balaban J connectivity index is 2.22. The Morgan fingerprint density at radius 3 is 2.75 bits per heavy atom. The molecule has 0 aliphatic rings. The molecule has 20 heavy (non-hydrogen) atoms. The molecule has 0 aliphatic carbocycles. The number of halogens is 2. The average Bonchev–Trinajstić information content (AvgIpc) is 2.37. The van der Waals surface area contributed by atoms with Crippen LogP contribution in [0.15, 0.2) is 46.0 Å². The molecule has 0 atom stereocenters. The molecular formula is C13H12BrFN2O2S. The first kappa shape index (κ1) is 15.1. The summed E-state index contributed by atoms with van der Waals surface area (Å²) in [6.07, 6.45) is 3.27. The summed E-state index contributed by atoms with van der Waals surface area (Å²) in [6, 6.07) is 5.20. The van der Waals surface area contributed by atoms with Gasteiger partial charge in [-0.3, -0.25) is 4.98 Å². The van der Waals surface area contributed by atoms with Gasteiger partial charge in [0.2, 0.25) is 10.0 Å². The Morgan fingerprint density at radius 1 is 1.35 bits per heavy atom. The van der Waals surface area contributed by atoms with Crippen molar-refractivity contribution in [1.82, 2.24) is 9.71 Å². The van der Waals surface area contributed by atoms with E-state index >= 15 is 0 Å². The van der Waals surface area contributed by atoms with Crippen LogP contribution < -0.4 is 4.72 Å². The van der Waals surface area contributed by atoms with Crippen molar-refractivity contribution in [2.24, 2.45) is 0 Å². The quantitative estimate of drug-likeness (QED) is 0.913. The van der Waals surface area contributed by atoms with E-state index in [2.05, 4.69) is 25.6 Å². The minimum atomic E-state index is -3.71. The maximum Gasteiger partial charge on any atom is 0.241 e. The summed E-state index contributed by atoms with van der Waals surface area (Å²) in [5.41, 5.74) is 1.73. The minimum absolute atomic E-state index is 0.00519. The van der Waals surface area contributed by atoms with Crippen molar-refractivity contribution in [3.63, 3.8) is 0 Å². The lowest BCUT2D eigenvalue weighted by atomic mass is 10.2. The van der Waals surface area contributed by atoms with Crippen molar-refractivity contribution in [3.8, 4) is 0 Å². The van der Waals surface area contributed by atoms with Gasteiger partial charge in [-0.2, -0.15) is 0 Å². The molecule has 0 radical (unpaired) electrons. The SMILES string of the molecule is Cc1cnccc1CNS(=O)(=O)c1ccc(F)cc1Br. The van der Waals surface area contributed by atoms with Gasteiger partial charge < -0.3 is 0 Å². The fourth-order valence-corrected chi connectivity index (χ4v) is 3.70. The summed E-state index contributed by atoms with van der Waals surface area (Å²) in [7, 11) is -3.71. The maximum absolute atomic E-state index is 13.0. The van der Waals surface area contributed by atoms with Gasteiger partial charge in [-0.15, -0.1) is 0 Å². The van der Waals surface area contributed by atoms with Crippen molar-refractivity contribution in [3.05, 3.63) is 58.1 Å². The van der Waals surface area contributed by atoms with E-state index in [-0.39, 0.29) is 15.9 Å². The maximum atomic E-state index is 13.0. The molecule has 0 bridgehead atoms. The summed E-state index contributed by atoms with van der Waals surface area (Å²) in [5, 5.41) is 0. The first-order valence-electron chi connectivity index (χ1n) is 5.74. The third kappa shape index (κ3) is 3.41. The highest BCUT2D eigenvalue weighted by atomic mass is 79.9. The zero-order valence-electron chi connectivity index (χ0n) is 10.6. The summed E-state index contributed by atoms with van der Waals surface area (Å²) in [5.74, 6) is -0.499. The first-order valence-corrected chi connectivity index (χ1v) is 8.02. The van der Waals surface area contributed by atoms with E-state index in [9.17, 15) is 12.8 Å². The predicted molar refractivity (Wildman–Crippen MR) is 77.1 cm³/mol. The van der Waals surface area contributed by atoms with Gasteiger partial charge in [-0.05, 0) is 58.2 Å². The molecule has 0 saturated heterocycles. The van der Waals surface area contributed by atoms with Crippen molar-refractivity contribution in [2.45, 2.75) is 18.4 Å². The van der Waals surface area contributed by atoms with Gasteiger partial charge >= 0.3 is 0 Å². The smallest absolute Gasteiger partial charge is 0.241 e. The van der Waals surface area contributed by atoms with Crippen molar-refractivity contribution in [2.75, 3.05) is 0 Å². The van der Waals surface area contributed by atoms with Crippen LogP contribution in [0.4, 0.5) is 4.39 Å². The molecule has 7 heteroatoms. The van der Waals surface area contributed by atoms with Crippen molar-refractivity contribution in [1.29, 1.82) is 0 Å². The zero-order chi connectivity index (χ0) is 14.8. The molecule has 1 aromatic carbocycles. The van der Waals surface area contributed by atoms with E-state index in [1.165, 1.54) is 6.07 Å². The summed E-state index contributed by atoms with van der Waals surface area (Å²) >= 11 is 3.05. The number of sulfonamides is 1. The van der Waals surface area contributed by atoms with Crippen LogP contribution in [0.5, 0.6) is 0 Å². The van der Waals surface area contributed by atoms with Crippen LogP contribution in [-0.2, 0) is 16.6 Å². The first-order chi connectivity index (χ1) is 9.40. The molecule has 1 heterocycles. The molecule has 2 aromatic rings. The summed E-state index contributed by atoms with van der Waals surface area (Å²) in [6.45, 7) is 2.00. The van der Waals surface area contributed by atoms with E-state index in [0.29, 0.717) is 0 Å². The lowest BCUT2D eigenvalue weighted by Crippen LogP contribution is -2.24. The van der Waals surface area contributed by atoms with Gasteiger partial charge in [0.1, 0.15) is 5.82 Å². The number of benzene rings is 1. The Bertz CT molecular complexity index is 735. The van der Waals surface area contributed by atoms with Crippen LogP contribution in [0.25, 0.3) is 0 Å². The number of nitrogens with zero attached hydrogens (tertiary/aromatic N) is 1. The second-order valence-electron chi connectivity index (χ2n) is 4.20. The van der Waals surface area contributed by atoms with E-state index in [0.717, 1.165) is 23.3 Å². The third-order valence-electron chi connectivity index (χ3n) is 2.77. The molecule has 0 amide bonds. The normalized spacial score (nSPS) is 11.6. The molecule has 0 unspecified atom stereocenters. The lowest BCUT2D eigenvalue weighted by Gasteiger charge is -2.10. The number of hydrogen-bond acceptors (Lipinski definition) is 3. The minimum Gasteiger partial charge on any atom is -0.264 e. The molecule has 1 N–H and O–H groups in total. The van der Waals surface area contributed by atoms with Gasteiger partial charge in [0.05, 0.1) is 4.90 Å². The second-order valence-corrected chi connectivity index (χ2v) is 6.79. The number of hydrogen-bond donors (Lipinski definition) is 1. The highest BCUT2D eigenvalue weighted by molar-refractivity contribution is 9.10. The van der Waals surface area contributed by atoms with Gasteiger partial charge in [0.25, 0.3) is 0 Å². The largest absolute Gasteiger partial charge is 0.264 e. The van der Waals surface area contributed by atoms with Crippen LogP contribution in [0.3, 0.4) is 0 Å². The number of rotatable bonds is 4. The van der Waals surface area contributed by atoms with Crippen molar-refractivity contribution < 1.29 is 12.8 Å². The topological polar surface area (TPSA) is 59.1 Å². The molecular weight excluding hydrogens is 347 g/mol. The Hall–Kier alpha value is -1.31. The molecule has 0 aliphatic heterocycles.